The van der Waals surface area contributed by atoms with Crippen molar-refractivity contribution in [3.8, 4) is 0 Å². The summed E-state index contributed by atoms with van der Waals surface area (Å²) in [6.07, 6.45) is 4.56. The molecule has 0 bridgehead atoms. The Kier molecular flexibility index (Phi) is 3.24. The highest BCUT2D eigenvalue weighted by Crippen LogP contribution is 2.08. The molecule has 0 aromatic carbocycles. The van der Waals surface area contributed by atoms with Gasteiger partial charge in [-0.25, -0.2) is 4.79 Å². The van der Waals surface area contributed by atoms with E-state index in [-0.39, 0.29) is 11.8 Å². The van der Waals surface area contributed by atoms with E-state index in [0.717, 1.165) is 32.4 Å². The number of hydrogen-bond acceptors (Lipinski definition) is 3. The molecule has 1 aromatic heterocycles. The van der Waals surface area contributed by atoms with Crippen molar-refractivity contribution in [1.82, 2.24) is 10.2 Å². The summed E-state index contributed by atoms with van der Waals surface area (Å²) in [5.41, 5.74) is 0. The molecule has 1 aliphatic heterocycles. The largest absolute Gasteiger partial charge is 0.459 e. The fraction of sp³-hybridized carbons (Fsp3) is 0.455. The highest BCUT2D eigenvalue weighted by atomic mass is 16.3. The van der Waals surface area contributed by atoms with Gasteiger partial charge in [0.15, 0.2) is 5.76 Å². The summed E-state index contributed by atoms with van der Waals surface area (Å²) in [4.78, 5) is 24.8. The molecule has 0 spiro atoms. The molecule has 1 fully saturated rings. The van der Waals surface area contributed by atoms with Crippen LogP contribution in [-0.2, 0) is 0 Å². The molecule has 1 aromatic rings. The lowest BCUT2D eigenvalue weighted by atomic mass is 10.1. The van der Waals surface area contributed by atoms with Crippen molar-refractivity contribution in [2.75, 3.05) is 13.1 Å². The first kappa shape index (κ1) is 10.7. The number of nitrogens with zero attached hydrogens (tertiary/aromatic N) is 1. The molecule has 0 unspecified atom stereocenters. The van der Waals surface area contributed by atoms with E-state index in [1.807, 2.05) is 0 Å². The van der Waals surface area contributed by atoms with Gasteiger partial charge in [-0.1, -0.05) is 0 Å². The lowest BCUT2D eigenvalue weighted by molar-refractivity contribution is 0.0921. The van der Waals surface area contributed by atoms with Crippen LogP contribution in [-0.4, -0.2) is 29.9 Å². The minimum absolute atomic E-state index is 0.158. The van der Waals surface area contributed by atoms with E-state index in [9.17, 15) is 9.59 Å². The maximum Gasteiger partial charge on any atom is 0.324 e. The van der Waals surface area contributed by atoms with Crippen molar-refractivity contribution in [3.63, 3.8) is 0 Å². The summed E-state index contributed by atoms with van der Waals surface area (Å²) in [7, 11) is 0. The Morgan fingerprint density at radius 1 is 1.25 bits per heavy atom. The number of carbonyl (C=O) groups is 2. The zero-order chi connectivity index (χ0) is 11.4. The van der Waals surface area contributed by atoms with Crippen LogP contribution >= 0.6 is 0 Å². The van der Waals surface area contributed by atoms with Crippen molar-refractivity contribution in [2.24, 2.45) is 0 Å². The van der Waals surface area contributed by atoms with Crippen molar-refractivity contribution in [1.29, 1.82) is 0 Å². The summed E-state index contributed by atoms with van der Waals surface area (Å²) in [5, 5.41) is 2.31. The molecule has 5 nitrogen and oxygen atoms in total. The summed E-state index contributed by atoms with van der Waals surface area (Å²) >= 11 is 0. The van der Waals surface area contributed by atoms with E-state index in [2.05, 4.69) is 5.32 Å². The molecule has 16 heavy (non-hydrogen) atoms. The summed E-state index contributed by atoms with van der Waals surface area (Å²) in [6.45, 7) is 1.44. The van der Waals surface area contributed by atoms with E-state index in [1.54, 1.807) is 11.0 Å². The van der Waals surface area contributed by atoms with Gasteiger partial charge in [0.05, 0.1) is 6.26 Å². The average molecular weight is 222 g/mol. The smallest absolute Gasteiger partial charge is 0.324 e. The standard InChI is InChI=1S/C11H14N2O3/c14-10(9-5-4-8-16-9)12-11(15)13-6-2-1-3-7-13/h4-5,8H,1-3,6-7H2,(H,12,14,15). The van der Waals surface area contributed by atoms with Gasteiger partial charge < -0.3 is 9.32 Å². The fourth-order valence-corrected chi connectivity index (χ4v) is 1.74. The zero-order valence-corrected chi connectivity index (χ0v) is 8.94. The minimum atomic E-state index is -0.486. The molecular weight excluding hydrogens is 208 g/mol. The Balaban J connectivity index is 1.89. The van der Waals surface area contributed by atoms with Gasteiger partial charge in [0.1, 0.15) is 0 Å². The average Bonchev–Trinajstić information content (AvgIpc) is 2.83. The Bertz CT molecular complexity index is 367. The van der Waals surface area contributed by atoms with E-state index >= 15 is 0 Å². The molecule has 0 saturated carbocycles. The van der Waals surface area contributed by atoms with E-state index < -0.39 is 5.91 Å². The number of rotatable bonds is 1. The molecule has 1 aliphatic rings. The van der Waals surface area contributed by atoms with Crippen molar-refractivity contribution >= 4 is 11.9 Å². The number of furan rings is 1. The molecule has 1 N–H and O–H groups in total. The van der Waals surface area contributed by atoms with Crippen molar-refractivity contribution < 1.29 is 14.0 Å². The van der Waals surface area contributed by atoms with Crippen LogP contribution in [0.1, 0.15) is 29.8 Å². The topological polar surface area (TPSA) is 62.6 Å². The number of carbonyl (C=O) groups excluding carboxylic acids is 2. The predicted molar refractivity (Wildman–Crippen MR) is 57.0 cm³/mol. The second kappa shape index (κ2) is 4.83. The van der Waals surface area contributed by atoms with Gasteiger partial charge in [-0.15, -0.1) is 0 Å². The quantitative estimate of drug-likeness (QED) is 0.785. The zero-order valence-electron chi connectivity index (χ0n) is 8.94. The number of amides is 3. The first-order valence-electron chi connectivity index (χ1n) is 5.41. The van der Waals surface area contributed by atoms with Gasteiger partial charge in [-0.05, 0) is 31.4 Å². The maximum absolute atomic E-state index is 11.7. The number of imide groups is 1. The van der Waals surface area contributed by atoms with E-state index in [4.69, 9.17) is 4.42 Å². The van der Waals surface area contributed by atoms with Gasteiger partial charge in [0.2, 0.25) is 0 Å². The van der Waals surface area contributed by atoms with Gasteiger partial charge in [0.25, 0.3) is 5.91 Å². The predicted octanol–water partition coefficient (Wildman–Crippen LogP) is 1.62. The SMILES string of the molecule is O=C(NC(=O)N1CCCCC1)c1ccco1. The van der Waals surface area contributed by atoms with Crippen molar-refractivity contribution in [3.05, 3.63) is 24.2 Å². The van der Waals surface area contributed by atoms with E-state index in [1.165, 1.54) is 12.3 Å². The fourth-order valence-electron chi connectivity index (χ4n) is 1.74. The highest BCUT2D eigenvalue weighted by molar-refractivity contribution is 6.02. The van der Waals surface area contributed by atoms with Crippen LogP contribution in [0.4, 0.5) is 4.79 Å². The first-order valence-corrected chi connectivity index (χ1v) is 5.41. The van der Waals surface area contributed by atoms with Crippen LogP contribution in [0, 0.1) is 0 Å². The molecule has 2 heterocycles. The first-order chi connectivity index (χ1) is 7.77. The second-order valence-electron chi connectivity index (χ2n) is 3.78. The molecule has 5 heteroatoms. The molecule has 0 aliphatic carbocycles. The number of piperidine rings is 1. The van der Waals surface area contributed by atoms with Crippen molar-refractivity contribution in [2.45, 2.75) is 19.3 Å². The summed E-state index contributed by atoms with van der Waals surface area (Å²) < 4.78 is 4.90. The molecule has 1 saturated heterocycles. The molecule has 2 rings (SSSR count). The van der Waals surface area contributed by atoms with Gasteiger partial charge >= 0.3 is 6.03 Å². The molecule has 0 atom stereocenters. The normalized spacial score (nSPS) is 15.9. The Hall–Kier alpha value is -1.78. The lowest BCUT2D eigenvalue weighted by Gasteiger charge is -2.26. The van der Waals surface area contributed by atoms with Crippen LogP contribution < -0.4 is 5.32 Å². The number of nitrogens with one attached hydrogen (secondary N) is 1. The molecule has 3 amide bonds. The summed E-state index contributed by atoms with van der Waals surface area (Å²) in [5.74, 6) is -0.328. The number of hydrogen-bond donors (Lipinski definition) is 1. The third kappa shape index (κ3) is 2.42. The van der Waals surface area contributed by atoms with Crippen LogP contribution in [0.15, 0.2) is 22.8 Å². The van der Waals surface area contributed by atoms with Gasteiger partial charge in [-0.2, -0.15) is 0 Å². The second-order valence-corrected chi connectivity index (χ2v) is 3.78. The highest BCUT2D eigenvalue weighted by Gasteiger charge is 2.19. The maximum atomic E-state index is 11.7. The minimum Gasteiger partial charge on any atom is -0.459 e. The third-order valence-corrected chi connectivity index (χ3v) is 2.61. The van der Waals surface area contributed by atoms with Gasteiger partial charge in [-0.3, -0.25) is 10.1 Å². The van der Waals surface area contributed by atoms with E-state index in [0.29, 0.717) is 0 Å². The Morgan fingerprint density at radius 3 is 2.62 bits per heavy atom. The molecule has 86 valence electrons. The Labute approximate surface area is 93.4 Å². The third-order valence-electron chi connectivity index (χ3n) is 2.61. The van der Waals surface area contributed by atoms with Crippen LogP contribution in [0.3, 0.4) is 0 Å². The monoisotopic (exact) mass is 222 g/mol. The lowest BCUT2D eigenvalue weighted by Crippen LogP contribution is -2.45. The van der Waals surface area contributed by atoms with Gasteiger partial charge in [0, 0.05) is 13.1 Å². The van der Waals surface area contributed by atoms with Crippen LogP contribution in [0.5, 0.6) is 0 Å². The van der Waals surface area contributed by atoms with Crippen LogP contribution in [0.2, 0.25) is 0 Å². The number of likely N-dealkylation sites (tertiary alicyclic amines) is 1. The Morgan fingerprint density at radius 2 is 2.00 bits per heavy atom. The molecular formula is C11H14N2O3. The summed E-state index contributed by atoms with van der Waals surface area (Å²) in [6, 6.07) is 2.81. The molecule has 0 radical (unpaired) electrons. The number of urea groups is 1. The van der Waals surface area contributed by atoms with Crippen LogP contribution in [0.25, 0.3) is 0 Å².